The first-order chi connectivity index (χ1) is 5.86. The Morgan fingerprint density at radius 2 is 2.08 bits per heavy atom. The lowest BCUT2D eigenvalue weighted by Gasteiger charge is -1.93. The van der Waals surface area contributed by atoms with Gasteiger partial charge in [0.25, 0.3) is 0 Å². The third kappa shape index (κ3) is 2.66. The lowest BCUT2D eigenvalue weighted by Crippen LogP contribution is -2.32. The second-order valence-electron chi connectivity index (χ2n) is 2.56. The molecule has 1 rings (SSSR count). The van der Waals surface area contributed by atoms with E-state index < -0.39 is 0 Å². The normalized spacial score (nSPS) is 9.75. The lowest BCUT2D eigenvalue weighted by molar-refractivity contribution is -0.696. The van der Waals surface area contributed by atoms with Gasteiger partial charge >= 0.3 is 0 Å². The maximum absolute atomic E-state index is 10.3. The number of aldehydes is 1. The number of hydrogen-bond donors (Lipinski definition) is 1. The van der Waals surface area contributed by atoms with E-state index in [4.69, 9.17) is 0 Å². The summed E-state index contributed by atoms with van der Waals surface area (Å²) in [6.45, 7) is 0.961. The van der Waals surface area contributed by atoms with Crippen LogP contribution in [-0.2, 0) is 6.54 Å². The molecule has 0 radical (unpaired) electrons. The summed E-state index contributed by atoms with van der Waals surface area (Å²) in [7, 11) is 0. The highest BCUT2D eigenvalue weighted by atomic mass is 32.1. The van der Waals surface area contributed by atoms with Crippen LogP contribution in [-0.4, -0.2) is 12.0 Å². The molecule has 1 aromatic heterocycles. The Balaban J connectivity index is 2.58. The Hall–Kier alpha value is -0.830. The molecule has 1 aromatic rings. The van der Waals surface area contributed by atoms with E-state index in [2.05, 4.69) is 12.6 Å². The Morgan fingerprint density at radius 3 is 2.58 bits per heavy atom. The first kappa shape index (κ1) is 9.26. The van der Waals surface area contributed by atoms with Crippen molar-refractivity contribution >= 4 is 18.9 Å². The molecule has 0 amide bonds. The number of aryl methyl sites for hydroxylation is 1. The van der Waals surface area contributed by atoms with Gasteiger partial charge in [0.2, 0.25) is 0 Å². The molecule has 0 unspecified atom stereocenters. The van der Waals surface area contributed by atoms with E-state index in [0.29, 0.717) is 0 Å². The van der Waals surface area contributed by atoms with Crippen molar-refractivity contribution in [2.24, 2.45) is 0 Å². The minimum absolute atomic E-state index is 0.720. The number of carbonyl (C=O) groups is 1. The summed E-state index contributed by atoms with van der Waals surface area (Å²) in [6.07, 6.45) is 5.72. The van der Waals surface area contributed by atoms with E-state index >= 15 is 0 Å². The smallest absolute Gasteiger partial charge is 0.169 e. The highest BCUT2D eigenvalue weighted by Crippen LogP contribution is 1.90. The van der Waals surface area contributed by atoms with E-state index in [1.807, 2.05) is 29.1 Å². The van der Waals surface area contributed by atoms with Crippen molar-refractivity contribution in [1.82, 2.24) is 0 Å². The van der Waals surface area contributed by atoms with Crippen LogP contribution in [0, 0.1) is 0 Å². The monoisotopic (exact) mass is 182 g/mol. The summed E-state index contributed by atoms with van der Waals surface area (Å²) < 4.78 is 2.04. The average Bonchev–Trinajstić information content (AvgIpc) is 2.15. The number of aromatic nitrogens is 1. The van der Waals surface area contributed by atoms with Crippen molar-refractivity contribution in [3.8, 4) is 0 Å². The summed E-state index contributed by atoms with van der Waals surface area (Å²) in [5.74, 6) is 0.891. The molecule has 2 nitrogen and oxygen atoms in total. The molecule has 0 spiro atoms. The van der Waals surface area contributed by atoms with Crippen LogP contribution < -0.4 is 4.57 Å². The van der Waals surface area contributed by atoms with Gasteiger partial charge in [-0.15, -0.1) is 0 Å². The number of carbonyl (C=O) groups excluding carboxylic acids is 1. The third-order valence-electron chi connectivity index (χ3n) is 1.63. The van der Waals surface area contributed by atoms with Crippen LogP contribution in [0.4, 0.5) is 0 Å². The molecule has 0 atom stereocenters. The van der Waals surface area contributed by atoms with Gasteiger partial charge in [-0.3, -0.25) is 4.79 Å². The van der Waals surface area contributed by atoms with Gasteiger partial charge < -0.3 is 0 Å². The van der Waals surface area contributed by atoms with Crippen LogP contribution in [0.15, 0.2) is 24.5 Å². The Kier molecular flexibility index (Phi) is 3.80. The zero-order valence-electron chi connectivity index (χ0n) is 6.81. The first-order valence-corrected chi connectivity index (χ1v) is 4.55. The summed E-state index contributed by atoms with van der Waals surface area (Å²) >= 11 is 4.12. The quantitative estimate of drug-likeness (QED) is 0.420. The zero-order chi connectivity index (χ0) is 8.81. The van der Waals surface area contributed by atoms with Crippen LogP contribution in [0.5, 0.6) is 0 Å². The van der Waals surface area contributed by atoms with Crippen molar-refractivity contribution in [3.05, 3.63) is 30.1 Å². The fourth-order valence-electron chi connectivity index (χ4n) is 0.950. The second kappa shape index (κ2) is 4.93. The number of rotatable bonds is 4. The van der Waals surface area contributed by atoms with Gasteiger partial charge in [0.15, 0.2) is 18.7 Å². The Morgan fingerprint density at radius 1 is 1.42 bits per heavy atom. The molecule has 12 heavy (non-hydrogen) atoms. The summed E-state index contributed by atoms with van der Waals surface area (Å²) in [4.78, 5) is 10.3. The lowest BCUT2D eigenvalue weighted by atomic mass is 10.3. The molecule has 0 bridgehead atoms. The highest BCUT2D eigenvalue weighted by molar-refractivity contribution is 7.80. The van der Waals surface area contributed by atoms with E-state index in [-0.39, 0.29) is 0 Å². The number of nitrogens with zero attached hydrogens (tertiary/aromatic N) is 1. The molecular weight excluding hydrogens is 170 g/mol. The molecule has 1 heterocycles. The zero-order valence-corrected chi connectivity index (χ0v) is 7.71. The van der Waals surface area contributed by atoms with Gasteiger partial charge in [0.1, 0.15) is 6.54 Å². The van der Waals surface area contributed by atoms with Crippen LogP contribution >= 0.6 is 12.6 Å². The molecule has 0 aliphatic carbocycles. The standard InChI is InChI=1S/C9H11NOS/c11-8-9-2-5-10(6-3-9)4-1-7-12/h2-3,5-6,8H,1,4,7H2/p+1. The molecule has 0 aromatic carbocycles. The van der Waals surface area contributed by atoms with Crippen LogP contribution in [0.2, 0.25) is 0 Å². The molecular formula is C9H12NOS+. The van der Waals surface area contributed by atoms with Gasteiger partial charge in [0.05, 0.1) is 0 Å². The minimum atomic E-state index is 0.720. The van der Waals surface area contributed by atoms with Gasteiger partial charge in [-0.2, -0.15) is 12.6 Å². The van der Waals surface area contributed by atoms with Gasteiger partial charge in [-0.25, -0.2) is 4.57 Å². The molecule has 0 fully saturated rings. The highest BCUT2D eigenvalue weighted by Gasteiger charge is 1.98. The van der Waals surface area contributed by atoms with Gasteiger partial charge in [-0.05, 0) is 5.75 Å². The Labute approximate surface area is 77.6 Å². The maximum atomic E-state index is 10.3. The van der Waals surface area contributed by atoms with Crippen LogP contribution in [0.3, 0.4) is 0 Å². The van der Waals surface area contributed by atoms with Crippen LogP contribution in [0.1, 0.15) is 16.8 Å². The minimum Gasteiger partial charge on any atom is -0.298 e. The number of hydrogen-bond acceptors (Lipinski definition) is 2. The summed E-state index contributed by atoms with van der Waals surface area (Å²) in [6, 6.07) is 3.62. The van der Waals surface area contributed by atoms with Crippen molar-refractivity contribution in [2.45, 2.75) is 13.0 Å². The fraction of sp³-hybridized carbons (Fsp3) is 0.333. The second-order valence-corrected chi connectivity index (χ2v) is 3.01. The summed E-state index contributed by atoms with van der Waals surface area (Å²) in [5, 5.41) is 0. The molecule has 0 aliphatic heterocycles. The molecule has 0 aliphatic rings. The van der Waals surface area contributed by atoms with Crippen molar-refractivity contribution < 1.29 is 9.36 Å². The van der Waals surface area contributed by atoms with E-state index in [1.165, 1.54) is 0 Å². The predicted molar refractivity (Wildman–Crippen MR) is 50.5 cm³/mol. The van der Waals surface area contributed by atoms with Crippen molar-refractivity contribution in [2.75, 3.05) is 5.75 Å². The molecule has 64 valence electrons. The molecule has 3 heteroatoms. The average molecular weight is 182 g/mol. The Bertz CT molecular complexity index is 245. The van der Waals surface area contributed by atoms with Gasteiger partial charge in [-0.1, -0.05) is 0 Å². The predicted octanol–water partition coefficient (Wildman–Crippen LogP) is 1.11. The first-order valence-electron chi connectivity index (χ1n) is 3.92. The molecule has 0 saturated carbocycles. The molecule has 0 N–H and O–H groups in total. The van der Waals surface area contributed by atoms with E-state index in [1.54, 1.807) is 0 Å². The fourth-order valence-corrected chi connectivity index (χ4v) is 1.09. The number of pyridine rings is 1. The van der Waals surface area contributed by atoms with E-state index in [0.717, 1.165) is 30.6 Å². The largest absolute Gasteiger partial charge is 0.298 e. The van der Waals surface area contributed by atoms with Crippen LogP contribution in [0.25, 0.3) is 0 Å². The third-order valence-corrected chi connectivity index (χ3v) is 1.94. The topological polar surface area (TPSA) is 20.9 Å². The summed E-state index contributed by atoms with van der Waals surface area (Å²) in [5.41, 5.74) is 0.720. The van der Waals surface area contributed by atoms with E-state index in [9.17, 15) is 4.79 Å². The van der Waals surface area contributed by atoms with Crippen molar-refractivity contribution in [3.63, 3.8) is 0 Å². The molecule has 0 saturated heterocycles. The van der Waals surface area contributed by atoms with Crippen molar-refractivity contribution in [1.29, 1.82) is 0 Å². The van der Waals surface area contributed by atoms with Gasteiger partial charge in [0, 0.05) is 24.1 Å². The SMILES string of the molecule is O=Cc1cc[n+](CCCS)cc1. The number of thiol groups is 1. The maximum Gasteiger partial charge on any atom is 0.169 e.